The fourth-order valence-corrected chi connectivity index (χ4v) is 2.37. The van der Waals surface area contributed by atoms with Crippen LogP contribution in [-0.2, 0) is 4.79 Å². The summed E-state index contributed by atoms with van der Waals surface area (Å²) in [6, 6.07) is 12.3. The van der Waals surface area contributed by atoms with Crippen molar-refractivity contribution < 1.29 is 19.4 Å². The lowest BCUT2D eigenvalue weighted by Gasteiger charge is -2.12. The van der Waals surface area contributed by atoms with E-state index >= 15 is 0 Å². The van der Waals surface area contributed by atoms with E-state index in [1.165, 1.54) is 0 Å². The number of hydrogen-bond donors (Lipinski definition) is 3. The number of carbonyl (C=O) groups is 2. The van der Waals surface area contributed by atoms with Crippen molar-refractivity contribution in [3.63, 3.8) is 0 Å². The number of nitrogens with zero attached hydrogens (tertiary/aromatic N) is 1. The summed E-state index contributed by atoms with van der Waals surface area (Å²) in [6.45, 7) is 0.263. The Morgan fingerprint density at radius 3 is 2.88 bits per heavy atom. The van der Waals surface area contributed by atoms with E-state index in [2.05, 4.69) is 15.3 Å². The smallest absolute Gasteiger partial charge is 0.303 e. The largest absolute Gasteiger partial charge is 0.491 e. The third kappa shape index (κ3) is 4.14. The highest BCUT2D eigenvalue weighted by molar-refractivity contribution is 6.06. The average Bonchev–Trinajstić information content (AvgIpc) is 3.07. The minimum Gasteiger partial charge on any atom is -0.491 e. The zero-order valence-electron chi connectivity index (χ0n) is 13.4. The van der Waals surface area contributed by atoms with Crippen molar-refractivity contribution >= 4 is 28.6 Å². The van der Waals surface area contributed by atoms with Crippen molar-refractivity contribution in [2.75, 3.05) is 11.9 Å². The van der Waals surface area contributed by atoms with Gasteiger partial charge in [-0.15, -0.1) is 0 Å². The molecule has 25 heavy (non-hydrogen) atoms. The van der Waals surface area contributed by atoms with Crippen molar-refractivity contribution in [3.05, 3.63) is 54.4 Å². The summed E-state index contributed by atoms with van der Waals surface area (Å²) >= 11 is 0. The monoisotopic (exact) mass is 339 g/mol. The molecule has 0 aliphatic heterocycles. The number of aromatic amines is 1. The van der Waals surface area contributed by atoms with Gasteiger partial charge in [-0.25, -0.2) is 4.98 Å². The SMILES string of the molecule is O=C(O)CCCOc1ccccc1NC(=O)c1ccc2nc[nH]c2c1. The topological polar surface area (TPSA) is 104 Å². The number of imidazole rings is 1. The highest BCUT2D eigenvalue weighted by Crippen LogP contribution is 2.25. The zero-order valence-corrected chi connectivity index (χ0v) is 13.4. The molecule has 3 rings (SSSR count). The van der Waals surface area contributed by atoms with Gasteiger partial charge in [0.05, 0.1) is 29.7 Å². The summed E-state index contributed by atoms with van der Waals surface area (Å²) in [7, 11) is 0. The highest BCUT2D eigenvalue weighted by atomic mass is 16.5. The summed E-state index contributed by atoms with van der Waals surface area (Å²) in [6.07, 6.45) is 2.01. The first-order valence-corrected chi connectivity index (χ1v) is 7.81. The van der Waals surface area contributed by atoms with Crippen molar-refractivity contribution in [2.45, 2.75) is 12.8 Å². The molecule has 0 bridgehead atoms. The Balaban J connectivity index is 1.69. The molecular formula is C18H17N3O4. The van der Waals surface area contributed by atoms with Gasteiger partial charge in [0.25, 0.3) is 5.91 Å². The molecular weight excluding hydrogens is 322 g/mol. The van der Waals surface area contributed by atoms with E-state index in [1.807, 2.05) is 0 Å². The van der Waals surface area contributed by atoms with E-state index in [-0.39, 0.29) is 18.9 Å². The minimum atomic E-state index is -0.862. The lowest BCUT2D eigenvalue weighted by molar-refractivity contribution is -0.137. The molecule has 0 saturated heterocycles. The molecule has 0 saturated carbocycles. The third-order valence-corrected chi connectivity index (χ3v) is 3.61. The number of H-pyrrole nitrogens is 1. The van der Waals surface area contributed by atoms with Crippen LogP contribution in [0.2, 0.25) is 0 Å². The van der Waals surface area contributed by atoms with Crippen LogP contribution in [0.15, 0.2) is 48.8 Å². The number of fused-ring (bicyclic) bond motifs is 1. The summed E-state index contributed by atoms with van der Waals surface area (Å²) in [5.41, 5.74) is 2.61. The van der Waals surface area contributed by atoms with E-state index in [9.17, 15) is 9.59 Å². The Bertz CT molecular complexity index is 904. The number of anilines is 1. The second kappa shape index (κ2) is 7.48. The number of hydrogen-bond acceptors (Lipinski definition) is 4. The maximum atomic E-state index is 12.5. The van der Waals surface area contributed by atoms with E-state index in [0.717, 1.165) is 11.0 Å². The van der Waals surface area contributed by atoms with E-state index in [1.54, 1.807) is 48.8 Å². The molecule has 1 aromatic heterocycles. The fourth-order valence-electron chi connectivity index (χ4n) is 2.37. The van der Waals surface area contributed by atoms with Gasteiger partial charge < -0.3 is 20.1 Å². The minimum absolute atomic E-state index is 0.0404. The number of aromatic nitrogens is 2. The summed E-state index contributed by atoms with van der Waals surface area (Å²) in [5.74, 6) is -0.624. The van der Waals surface area contributed by atoms with E-state index in [4.69, 9.17) is 9.84 Å². The van der Waals surface area contributed by atoms with E-state index in [0.29, 0.717) is 23.4 Å². The zero-order chi connectivity index (χ0) is 17.6. The number of carboxylic acids is 1. The molecule has 128 valence electrons. The molecule has 3 aromatic rings. The maximum Gasteiger partial charge on any atom is 0.303 e. The van der Waals surface area contributed by atoms with Crippen LogP contribution in [0.4, 0.5) is 5.69 Å². The molecule has 0 aliphatic rings. The van der Waals surface area contributed by atoms with Gasteiger partial charge in [0.2, 0.25) is 0 Å². The van der Waals surface area contributed by atoms with Crippen molar-refractivity contribution in [1.29, 1.82) is 0 Å². The van der Waals surface area contributed by atoms with Crippen LogP contribution in [-0.4, -0.2) is 33.6 Å². The predicted octanol–water partition coefficient (Wildman–Crippen LogP) is 3.06. The van der Waals surface area contributed by atoms with Crippen LogP contribution >= 0.6 is 0 Å². The van der Waals surface area contributed by atoms with Gasteiger partial charge in [-0.05, 0) is 36.8 Å². The van der Waals surface area contributed by atoms with Crippen LogP contribution in [0.1, 0.15) is 23.2 Å². The molecule has 0 radical (unpaired) electrons. The second-order valence-electron chi connectivity index (χ2n) is 5.43. The van der Waals surface area contributed by atoms with Gasteiger partial charge in [0, 0.05) is 12.0 Å². The van der Waals surface area contributed by atoms with Gasteiger partial charge in [-0.1, -0.05) is 12.1 Å². The van der Waals surface area contributed by atoms with Crippen molar-refractivity contribution in [1.82, 2.24) is 9.97 Å². The third-order valence-electron chi connectivity index (χ3n) is 3.61. The van der Waals surface area contributed by atoms with Crippen LogP contribution in [0.3, 0.4) is 0 Å². The van der Waals surface area contributed by atoms with Crippen LogP contribution < -0.4 is 10.1 Å². The van der Waals surface area contributed by atoms with Gasteiger partial charge in [-0.2, -0.15) is 0 Å². The number of para-hydroxylation sites is 2. The number of carboxylic acid groups (broad SMARTS) is 1. The fraction of sp³-hybridized carbons (Fsp3) is 0.167. The molecule has 0 atom stereocenters. The molecule has 7 nitrogen and oxygen atoms in total. The quantitative estimate of drug-likeness (QED) is 0.574. The molecule has 0 fully saturated rings. The van der Waals surface area contributed by atoms with Crippen molar-refractivity contribution in [2.24, 2.45) is 0 Å². The number of benzene rings is 2. The van der Waals surface area contributed by atoms with Gasteiger partial charge in [-0.3, -0.25) is 9.59 Å². The first kappa shape index (κ1) is 16.5. The summed E-state index contributed by atoms with van der Waals surface area (Å²) in [4.78, 5) is 30.1. The molecule has 0 spiro atoms. The van der Waals surface area contributed by atoms with Gasteiger partial charge in [0.15, 0.2) is 0 Å². The lowest BCUT2D eigenvalue weighted by Crippen LogP contribution is -2.13. The molecule has 1 heterocycles. The number of amides is 1. The number of ether oxygens (including phenoxy) is 1. The second-order valence-corrected chi connectivity index (χ2v) is 5.43. The predicted molar refractivity (Wildman–Crippen MR) is 92.9 cm³/mol. The van der Waals surface area contributed by atoms with Crippen molar-refractivity contribution in [3.8, 4) is 5.75 Å². The van der Waals surface area contributed by atoms with Crippen LogP contribution in [0.5, 0.6) is 5.75 Å². The Morgan fingerprint density at radius 1 is 1.20 bits per heavy atom. The summed E-state index contributed by atoms with van der Waals surface area (Å²) in [5, 5.41) is 11.5. The van der Waals surface area contributed by atoms with E-state index < -0.39 is 5.97 Å². The molecule has 2 aromatic carbocycles. The summed E-state index contributed by atoms with van der Waals surface area (Å²) < 4.78 is 5.59. The standard InChI is InChI=1S/C18H17N3O4/c22-17(23)6-3-9-25-16-5-2-1-4-14(16)21-18(24)12-7-8-13-15(10-12)20-11-19-13/h1-2,4-5,7-8,10-11H,3,6,9H2,(H,19,20)(H,21,24)(H,22,23). The van der Waals surface area contributed by atoms with Gasteiger partial charge in [0.1, 0.15) is 5.75 Å². The molecule has 3 N–H and O–H groups in total. The number of carbonyl (C=O) groups excluding carboxylic acids is 1. The first-order chi connectivity index (χ1) is 12.1. The molecule has 1 amide bonds. The Labute approximate surface area is 143 Å². The average molecular weight is 339 g/mol. The number of aliphatic carboxylic acids is 1. The van der Waals surface area contributed by atoms with Crippen LogP contribution in [0, 0.1) is 0 Å². The normalized spacial score (nSPS) is 10.6. The molecule has 0 aliphatic carbocycles. The maximum absolute atomic E-state index is 12.5. The number of nitrogens with one attached hydrogen (secondary N) is 2. The lowest BCUT2D eigenvalue weighted by atomic mass is 10.2. The van der Waals surface area contributed by atoms with Crippen LogP contribution in [0.25, 0.3) is 11.0 Å². The Kier molecular flexibility index (Phi) is 4.94. The van der Waals surface area contributed by atoms with Gasteiger partial charge >= 0.3 is 5.97 Å². The highest BCUT2D eigenvalue weighted by Gasteiger charge is 2.11. The molecule has 0 unspecified atom stereocenters. The Hall–Kier alpha value is -3.35. The molecule has 7 heteroatoms. The number of rotatable bonds is 7. The first-order valence-electron chi connectivity index (χ1n) is 7.81. The Morgan fingerprint density at radius 2 is 2.04 bits per heavy atom.